The minimum absolute atomic E-state index is 0.0619. The fourth-order valence-electron chi connectivity index (χ4n) is 1.36. The molecule has 0 aliphatic rings. The smallest absolute Gasteiger partial charge is 0.405 e. The molecule has 0 aliphatic heterocycles. The molecule has 0 atom stereocenters. The van der Waals surface area contributed by atoms with Crippen LogP contribution in [0.2, 0.25) is 0 Å². The van der Waals surface area contributed by atoms with Gasteiger partial charge in [-0.05, 0) is 55.3 Å². The number of hydrogen-bond acceptors (Lipinski definition) is 5. The van der Waals surface area contributed by atoms with Crippen molar-refractivity contribution in [3.63, 3.8) is 0 Å². The first kappa shape index (κ1) is 22.0. The van der Waals surface area contributed by atoms with Gasteiger partial charge < -0.3 is 10.5 Å². The maximum atomic E-state index is 11.2. The Balaban J connectivity index is 0.000000561. The molecule has 1 rings (SSSR count). The first-order valence-corrected chi connectivity index (χ1v) is 8.36. The van der Waals surface area contributed by atoms with Crippen LogP contribution in [0.15, 0.2) is 27.9 Å². The Morgan fingerprint density at radius 1 is 1.42 bits per heavy atom. The molecular weight excluding hydrogens is 376 g/mol. The normalized spacial score (nSPS) is 10.7. The monoisotopic (exact) mass is 400 g/mol. The highest BCUT2D eigenvalue weighted by Gasteiger charge is 2.12. The third kappa shape index (κ3) is 13.7. The van der Waals surface area contributed by atoms with Crippen LogP contribution in [-0.2, 0) is 9.53 Å². The lowest BCUT2D eigenvalue weighted by Gasteiger charge is -2.16. The zero-order chi connectivity index (χ0) is 18.6. The molecule has 134 valence electrons. The number of nitrogens with two attached hydrogens (primary N) is 1. The van der Waals surface area contributed by atoms with E-state index in [0.29, 0.717) is 12.1 Å². The Bertz CT molecular complexity index is 556. The van der Waals surface area contributed by atoms with E-state index < -0.39 is 11.7 Å². The van der Waals surface area contributed by atoms with E-state index in [4.69, 9.17) is 5.73 Å². The molecule has 0 saturated heterocycles. The van der Waals surface area contributed by atoms with Crippen molar-refractivity contribution in [3.8, 4) is 0 Å². The van der Waals surface area contributed by atoms with Crippen LogP contribution < -0.4 is 11.2 Å². The molecule has 0 aliphatic carbocycles. The van der Waals surface area contributed by atoms with Gasteiger partial charge in [0.2, 0.25) is 5.91 Å². The number of carbonyl (C=O) groups excluding carboxylic acids is 2. The quantitative estimate of drug-likeness (QED) is 0.448. The average Bonchev–Trinajstić information content (AvgIpc) is 2.43. The Morgan fingerprint density at radius 3 is 2.54 bits per heavy atom. The van der Waals surface area contributed by atoms with Crippen molar-refractivity contribution in [2.75, 3.05) is 0 Å². The standard InChI is InChI=1S/C11H14BrN3O.C5H11NO2/c1-2-3-7-11(16)15-13-8-9-5-4-6-10(12)14-9;1-5(2,3)8-4(6)7/h4-6,8H,2-3,7H2,1H3,(H,15,16);1-3H3,(H2,6,7)/b13-8+;. The highest BCUT2D eigenvalue weighted by molar-refractivity contribution is 9.10. The second-order valence-corrected chi connectivity index (χ2v) is 6.63. The summed E-state index contributed by atoms with van der Waals surface area (Å²) in [5.74, 6) is -0.0619. The van der Waals surface area contributed by atoms with Gasteiger partial charge in [0.25, 0.3) is 0 Å². The molecule has 0 radical (unpaired) electrons. The molecule has 24 heavy (non-hydrogen) atoms. The van der Waals surface area contributed by atoms with Gasteiger partial charge in [-0.15, -0.1) is 0 Å². The Hall–Kier alpha value is -1.96. The van der Waals surface area contributed by atoms with E-state index in [9.17, 15) is 9.59 Å². The number of rotatable bonds is 5. The topological polar surface area (TPSA) is 107 Å². The number of hydrogen-bond donors (Lipinski definition) is 2. The number of unbranched alkanes of at least 4 members (excludes halogenated alkanes) is 1. The molecule has 3 N–H and O–H groups in total. The van der Waals surface area contributed by atoms with Gasteiger partial charge in [0.1, 0.15) is 10.2 Å². The lowest BCUT2D eigenvalue weighted by molar-refractivity contribution is -0.121. The summed E-state index contributed by atoms with van der Waals surface area (Å²) in [6, 6.07) is 5.50. The second-order valence-electron chi connectivity index (χ2n) is 5.82. The molecular formula is C16H25BrN4O3. The number of nitrogens with zero attached hydrogens (tertiary/aromatic N) is 2. The molecule has 1 aromatic heterocycles. The highest BCUT2D eigenvalue weighted by Crippen LogP contribution is 2.05. The van der Waals surface area contributed by atoms with Crippen molar-refractivity contribution in [2.24, 2.45) is 10.8 Å². The number of hydrazone groups is 1. The molecule has 1 heterocycles. The van der Waals surface area contributed by atoms with E-state index in [1.165, 1.54) is 6.21 Å². The summed E-state index contributed by atoms with van der Waals surface area (Å²) in [7, 11) is 0. The summed E-state index contributed by atoms with van der Waals surface area (Å²) in [5.41, 5.74) is 7.42. The third-order valence-corrected chi connectivity index (χ3v) is 2.73. The molecule has 0 saturated carbocycles. The van der Waals surface area contributed by atoms with Gasteiger partial charge in [0.05, 0.1) is 11.9 Å². The molecule has 2 amide bonds. The third-order valence-electron chi connectivity index (χ3n) is 2.29. The maximum absolute atomic E-state index is 11.2. The highest BCUT2D eigenvalue weighted by atomic mass is 79.9. The van der Waals surface area contributed by atoms with Gasteiger partial charge in [0.15, 0.2) is 0 Å². The van der Waals surface area contributed by atoms with Crippen LogP contribution in [0, 0.1) is 0 Å². The molecule has 0 aromatic carbocycles. The lowest BCUT2D eigenvalue weighted by atomic mass is 10.2. The second kappa shape index (κ2) is 11.6. The van der Waals surface area contributed by atoms with Crippen LogP contribution >= 0.6 is 15.9 Å². The van der Waals surface area contributed by atoms with E-state index in [-0.39, 0.29) is 5.91 Å². The number of halogens is 1. The number of pyridine rings is 1. The number of amides is 2. The van der Waals surface area contributed by atoms with Crippen LogP contribution in [0.5, 0.6) is 0 Å². The number of ether oxygens (including phenoxy) is 1. The zero-order valence-electron chi connectivity index (χ0n) is 14.5. The van der Waals surface area contributed by atoms with Crippen LogP contribution in [-0.4, -0.2) is 28.8 Å². The van der Waals surface area contributed by atoms with Crippen molar-refractivity contribution >= 4 is 34.1 Å². The van der Waals surface area contributed by atoms with Gasteiger partial charge >= 0.3 is 6.09 Å². The van der Waals surface area contributed by atoms with Gasteiger partial charge in [0, 0.05) is 6.42 Å². The molecule has 7 nitrogen and oxygen atoms in total. The first-order chi connectivity index (χ1) is 11.1. The zero-order valence-corrected chi connectivity index (χ0v) is 16.1. The summed E-state index contributed by atoms with van der Waals surface area (Å²) in [5, 5.41) is 3.83. The Kier molecular flexibility index (Phi) is 10.6. The van der Waals surface area contributed by atoms with Crippen molar-refractivity contribution in [1.29, 1.82) is 0 Å². The summed E-state index contributed by atoms with van der Waals surface area (Å²) >= 11 is 3.26. The van der Waals surface area contributed by atoms with Gasteiger partial charge in [-0.3, -0.25) is 4.79 Å². The lowest BCUT2D eigenvalue weighted by Crippen LogP contribution is -2.27. The summed E-state index contributed by atoms with van der Waals surface area (Å²) < 4.78 is 5.32. The van der Waals surface area contributed by atoms with Crippen molar-refractivity contribution in [2.45, 2.75) is 52.6 Å². The van der Waals surface area contributed by atoms with Gasteiger partial charge in [-0.1, -0.05) is 19.4 Å². The predicted molar refractivity (Wildman–Crippen MR) is 97.6 cm³/mol. The SMILES string of the molecule is CC(C)(C)OC(N)=O.CCCCC(=O)N/N=C/c1cccc(Br)n1. The molecule has 0 spiro atoms. The largest absolute Gasteiger partial charge is 0.444 e. The van der Waals surface area contributed by atoms with E-state index in [1.54, 1.807) is 20.8 Å². The van der Waals surface area contributed by atoms with Crippen LogP contribution in [0.3, 0.4) is 0 Å². The summed E-state index contributed by atoms with van der Waals surface area (Å²) in [6.45, 7) is 7.33. The predicted octanol–water partition coefficient (Wildman–Crippen LogP) is 3.36. The van der Waals surface area contributed by atoms with E-state index in [0.717, 1.165) is 17.4 Å². The van der Waals surface area contributed by atoms with Gasteiger partial charge in [-0.25, -0.2) is 15.2 Å². The van der Waals surface area contributed by atoms with E-state index >= 15 is 0 Å². The van der Waals surface area contributed by atoms with Crippen LogP contribution in [0.1, 0.15) is 52.7 Å². The van der Waals surface area contributed by atoms with Crippen LogP contribution in [0.25, 0.3) is 0 Å². The first-order valence-electron chi connectivity index (χ1n) is 7.57. The number of aromatic nitrogens is 1. The molecule has 0 bridgehead atoms. The summed E-state index contributed by atoms with van der Waals surface area (Å²) in [4.78, 5) is 25.4. The van der Waals surface area contributed by atoms with Gasteiger partial charge in [-0.2, -0.15) is 5.10 Å². The molecule has 0 fully saturated rings. The molecule has 0 unspecified atom stereocenters. The van der Waals surface area contributed by atoms with Crippen LogP contribution in [0.4, 0.5) is 4.79 Å². The maximum Gasteiger partial charge on any atom is 0.405 e. The minimum atomic E-state index is -0.725. The van der Waals surface area contributed by atoms with E-state index in [2.05, 4.69) is 36.2 Å². The number of nitrogens with one attached hydrogen (secondary N) is 1. The van der Waals surface area contributed by atoms with Crippen molar-refractivity contribution in [3.05, 3.63) is 28.5 Å². The summed E-state index contributed by atoms with van der Waals surface area (Å²) in [6.07, 6.45) is 3.20. The number of primary amides is 1. The average molecular weight is 401 g/mol. The molecule has 1 aromatic rings. The Labute approximate surface area is 151 Å². The Morgan fingerprint density at radius 2 is 2.08 bits per heavy atom. The van der Waals surface area contributed by atoms with Crippen molar-refractivity contribution < 1.29 is 14.3 Å². The fraction of sp³-hybridized carbons (Fsp3) is 0.500. The van der Waals surface area contributed by atoms with Crippen molar-refractivity contribution in [1.82, 2.24) is 10.4 Å². The minimum Gasteiger partial charge on any atom is -0.444 e. The van der Waals surface area contributed by atoms with E-state index in [1.807, 2.05) is 25.1 Å². The molecule has 8 heteroatoms. The number of carbonyl (C=O) groups is 2. The fourth-order valence-corrected chi connectivity index (χ4v) is 1.72.